The molecule has 2 N–H and O–H groups in total. The van der Waals surface area contributed by atoms with Gasteiger partial charge in [0.1, 0.15) is 0 Å². The average molecular weight is 394 g/mol. The number of carboxylic acid groups (broad SMARTS) is 1. The smallest absolute Gasteiger partial charge is 0.317 e. The van der Waals surface area contributed by atoms with Crippen LogP contribution in [0.4, 0.5) is 5.69 Å². The Morgan fingerprint density at radius 1 is 1.48 bits per heavy atom. The minimum atomic E-state index is -0.863. The van der Waals surface area contributed by atoms with Crippen LogP contribution in [0.3, 0.4) is 0 Å². The zero-order valence-electron chi connectivity index (χ0n) is 15.6. The zero-order chi connectivity index (χ0) is 19.6. The highest BCUT2D eigenvalue weighted by molar-refractivity contribution is 7.99. The summed E-state index contributed by atoms with van der Waals surface area (Å²) in [6, 6.07) is 7.72. The van der Waals surface area contributed by atoms with E-state index in [4.69, 9.17) is 9.84 Å². The number of thioether (sulfide) groups is 1. The standard InChI is InChI=1S/C19H27N3O4S/c1-3-10-27-17-7-5-4-6-16(17)20-18(23)13-22-8-9-26-15(12-22)11-21(2)14-19(24)25/h3-7,15H,1,8-14H2,2H3,(H,20,23)(H,24,25). The highest BCUT2D eigenvalue weighted by atomic mass is 32.2. The number of para-hydroxylation sites is 1. The maximum absolute atomic E-state index is 12.5. The van der Waals surface area contributed by atoms with Crippen LogP contribution in [0, 0.1) is 0 Å². The molecule has 1 amide bonds. The molecule has 0 aromatic heterocycles. The van der Waals surface area contributed by atoms with Crippen LogP contribution in [0.1, 0.15) is 0 Å². The summed E-state index contributed by atoms with van der Waals surface area (Å²) in [6.45, 7) is 6.31. The minimum absolute atomic E-state index is 0.0283. The van der Waals surface area contributed by atoms with E-state index in [1.165, 1.54) is 0 Å². The number of carbonyl (C=O) groups excluding carboxylic acids is 1. The number of morpholine rings is 1. The summed E-state index contributed by atoms with van der Waals surface area (Å²) in [4.78, 5) is 28.0. The maximum Gasteiger partial charge on any atom is 0.317 e. The molecule has 1 saturated heterocycles. The van der Waals surface area contributed by atoms with Crippen LogP contribution < -0.4 is 5.32 Å². The Hall–Kier alpha value is -1.87. The van der Waals surface area contributed by atoms with E-state index in [0.29, 0.717) is 26.2 Å². The van der Waals surface area contributed by atoms with Crippen LogP contribution in [-0.2, 0) is 14.3 Å². The molecule has 1 aliphatic heterocycles. The van der Waals surface area contributed by atoms with E-state index >= 15 is 0 Å². The van der Waals surface area contributed by atoms with Crippen LogP contribution in [0.25, 0.3) is 0 Å². The zero-order valence-corrected chi connectivity index (χ0v) is 16.4. The average Bonchev–Trinajstić information content (AvgIpc) is 2.60. The normalized spacial score (nSPS) is 17.6. The van der Waals surface area contributed by atoms with Crippen molar-refractivity contribution in [3.8, 4) is 0 Å². The SMILES string of the molecule is C=CCSc1ccccc1NC(=O)CN1CCOC(CN(C)CC(=O)O)C1. The van der Waals surface area contributed by atoms with Gasteiger partial charge in [0.2, 0.25) is 5.91 Å². The molecule has 1 unspecified atom stereocenters. The Morgan fingerprint density at radius 2 is 2.26 bits per heavy atom. The molecule has 1 heterocycles. The minimum Gasteiger partial charge on any atom is -0.480 e. The lowest BCUT2D eigenvalue weighted by Crippen LogP contribution is -2.49. The topological polar surface area (TPSA) is 82.1 Å². The van der Waals surface area contributed by atoms with Crippen LogP contribution in [-0.4, -0.2) is 85.0 Å². The molecule has 0 bridgehead atoms. The molecule has 1 atom stereocenters. The van der Waals surface area contributed by atoms with Gasteiger partial charge in [-0.15, -0.1) is 18.3 Å². The maximum atomic E-state index is 12.5. The summed E-state index contributed by atoms with van der Waals surface area (Å²) in [5.74, 6) is -0.152. The molecule has 8 heteroatoms. The van der Waals surface area contributed by atoms with Crippen LogP contribution in [0.5, 0.6) is 0 Å². The van der Waals surface area contributed by atoms with Gasteiger partial charge in [-0.3, -0.25) is 19.4 Å². The number of carboxylic acids is 1. The molecule has 148 valence electrons. The van der Waals surface area contributed by atoms with E-state index in [2.05, 4.69) is 11.9 Å². The van der Waals surface area contributed by atoms with Crippen LogP contribution in [0.2, 0.25) is 0 Å². The molecular formula is C19H27N3O4S. The van der Waals surface area contributed by atoms with Gasteiger partial charge in [0.25, 0.3) is 0 Å². The Bertz CT molecular complexity index is 656. The number of nitrogens with zero attached hydrogens (tertiary/aromatic N) is 2. The molecule has 27 heavy (non-hydrogen) atoms. The number of hydrogen-bond acceptors (Lipinski definition) is 6. The number of amides is 1. The number of nitrogens with one attached hydrogen (secondary N) is 1. The molecule has 1 fully saturated rings. The molecule has 0 saturated carbocycles. The molecular weight excluding hydrogens is 366 g/mol. The fourth-order valence-corrected chi connectivity index (χ4v) is 3.66. The van der Waals surface area contributed by atoms with Gasteiger partial charge in [0.05, 0.1) is 31.5 Å². The van der Waals surface area contributed by atoms with E-state index in [9.17, 15) is 9.59 Å². The number of benzene rings is 1. The fourth-order valence-electron chi connectivity index (χ4n) is 2.91. The van der Waals surface area contributed by atoms with Crippen molar-refractivity contribution in [1.82, 2.24) is 9.80 Å². The molecule has 1 aromatic rings. The van der Waals surface area contributed by atoms with Gasteiger partial charge in [-0.1, -0.05) is 18.2 Å². The number of aliphatic carboxylic acids is 1. The van der Waals surface area contributed by atoms with Gasteiger partial charge in [-0.05, 0) is 19.2 Å². The van der Waals surface area contributed by atoms with Crippen molar-refractivity contribution in [2.75, 3.05) is 57.4 Å². The van der Waals surface area contributed by atoms with Gasteiger partial charge < -0.3 is 15.2 Å². The Kier molecular flexibility index (Phi) is 8.80. The van der Waals surface area contributed by atoms with Crippen molar-refractivity contribution in [2.45, 2.75) is 11.0 Å². The van der Waals surface area contributed by atoms with Crippen molar-refractivity contribution < 1.29 is 19.4 Å². The third-order valence-electron chi connectivity index (χ3n) is 4.03. The monoisotopic (exact) mass is 393 g/mol. The summed E-state index contributed by atoms with van der Waals surface area (Å²) in [5.41, 5.74) is 0.806. The lowest BCUT2D eigenvalue weighted by molar-refractivity contribution is -0.138. The number of likely N-dealkylation sites (N-methyl/N-ethyl adjacent to an activating group) is 1. The summed E-state index contributed by atoms with van der Waals surface area (Å²) < 4.78 is 5.70. The highest BCUT2D eigenvalue weighted by Gasteiger charge is 2.24. The lowest BCUT2D eigenvalue weighted by Gasteiger charge is -2.34. The summed E-state index contributed by atoms with van der Waals surface area (Å²) in [6.07, 6.45) is 1.73. The molecule has 1 aromatic carbocycles. The second-order valence-corrected chi connectivity index (χ2v) is 7.52. The van der Waals surface area contributed by atoms with Crippen molar-refractivity contribution in [2.24, 2.45) is 0 Å². The van der Waals surface area contributed by atoms with E-state index in [1.54, 1.807) is 23.7 Å². The van der Waals surface area contributed by atoms with Gasteiger partial charge in [-0.25, -0.2) is 0 Å². The number of anilines is 1. The van der Waals surface area contributed by atoms with Crippen molar-refractivity contribution in [3.63, 3.8) is 0 Å². The van der Waals surface area contributed by atoms with Gasteiger partial charge in [0.15, 0.2) is 0 Å². The molecule has 0 spiro atoms. The Labute approximate surface area is 164 Å². The number of hydrogen-bond donors (Lipinski definition) is 2. The first-order valence-electron chi connectivity index (χ1n) is 8.84. The molecule has 0 aliphatic carbocycles. The molecule has 7 nitrogen and oxygen atoms in total. The second-order valence-electron chi connectivity index (χ2n) is 6.46. The first-order chi connectivity index (χ1) is 13.0. The molecule has 0 radical (unpaired) electrons. The summed E-state index contributed by atoms with van der Waals surface area (Å²) in [7, 11) is 1.75. The second kappa shape index (κ2) is 11.1. The van der Waals surface area contributed by atoms with E-state index in [-0.39, 0.29) is 25.1 Å². The van der Waals surface area contributed by atoms with E-state index in [1.807, 2.05) is 35.2 Å². The van der Waals surface area contributed by atoms with E-state index < -0.39 is 5.97 Å². The van der Waals surface area contributed by atoms with Crippen LogP contribution >= 0.6 is 11.8 Å². The summed E-state index contributed by atoms with van der Waals surface area (Å²) in [5, 5.41) is 11.8. The van der Waals surface area contributed by atoms with E-state index in [0.717, 1.165) is 16.3 Å². The largest absolute Gasteiger partial charge is 0.480 e. The predicted molar refractivity (Wildman–Crippen MR) is 107 cm³/mol. The molecule has 1 aliphatic rings. The van der Waals surface area contributed by atoms with Gasteiger partial charge in [-0.2, -0.15) is 0 Å². The summed E-state index contributed by atoms with van der Waals surface area (Å²) >= 11 is 1.63. The number of carbonyl (C=O) groups is 2. The number of ether oxygens (including phenoxy) is 1. The van der Waals surface area contributed by atoms with Crippen molar-refractivity contribution >= 4 is 29.3 Å². The number of rotatable bonds is 10. The van der Waals surface area contributed by atoms with Crippen molar-refractivity contribution in [3.05, 3.63) is 36.9 Å². The fraction of sp³-hybridized carbons (Fsp3) is 0.474. The first kappa shape index (κ1) is 21.4. The van der Waals surface area contributed by atoms with Crippen LogP contribution in [0.15, 0.2) is 41.8 Å². The van der Waals surface area contributed by atoms with Gasteiger partial charge >= 0.3 is 5.97 Å². The quantitative estimate of drug-likeness (QED) is 0.462. The Morgan fingerprint density at radius 3 is 3.00 bits per heavy atom. The highest BCUT2D eigenvalue weighted by Crippen LogP contribution is 2.26. The van der Waals surface area contributed by atoms with Gasteiger partial charge in [0, 0.05) is 30.3 Å². The van der Waals surface area contributed by atoms with Crippen molar-refractivity contribution in [1.29, 1.82) is 0 Å². The lowest BCUT2D eigenvalue weighted by atomic mass is 10.2. The predicted octanol–water partition coefficient (Wildman–Crippen LogP) is 1.62. The molecule has 2 rings (SSSR count). The third-order valence-corrected chi connectivity index (χ3v) is 5.10. The Balaban J connectivity index is 1.85. The third kappa shape index (κ3) is 7.72. The first-order valence-corrected chi connectivity index (χ1v) is 9.83.